The van der Waals surface area contributed by atoms with E-state index in [1.54, 1.807) is 13.2 Å². The molecule has 2 N–H and O–H groups in total. The molecule has 0 radical (unpaired) electrons. The van der Waals surface area contributed by atoms with Crippen molar-refractivity contribution in [3.8, 4) is 0 Å². The second-order valence-electron chi connectivity index (χ2n) is 3.75. The number of hydrogen-bond acceptors (Lipinski definition) is 4. The average molecular weight is 260 g/mol. The normalized spacial score (nSPS) is 13.8. The minimum absolute atomic E-state index is 0.0711. The molecule has 0 spiro atoms. The molecule has 98 valence electrons. The number of sulfonamides is 1. The highest BCUT2D eigenvalue weighted by molar-refractivity contribution is 7.89. The number of hydrogen-bond donors (Lipinski definition) is 2. The Hall–Kier alpha value is -0.850. The van der Waals surface area contributed by atoms with Crippen molar-refractivity contribution >= 4 is 10.0 Å². The summed E-state index contributed by atoms with van der Waals surface area (Å²) in [5.74, 6) is 0.922. The SMILES string of the molecule is CCNS(=O)(=O)CCNC(CC)c1ccco1. The van der Waals surface area contributed by atoms with Gasteiger partial charge in [0.05, 0.1) is 18.1 Å². The van der Waals surface area contributed by atoms with E-state index in [2.05, 4.69) is 10.0 Å². The van der Waals surface area contributed by atoms with Gasteiger partial charge in [0.1, 0.15) is 5.76 Å². The summed E-state index contributed by atoms with van der Waals surface area (Å²) in [6.45, 7) is 4.63. The largest absolute Gasteiger partial charge is 0.468 e. The molecular weight excluding hydrogens is 240 g/mol. The van der Waals surface area contributed by atoms with E-state index in [0.29, 0.717) is 13.1 Å². The molecule has 1 aromatic rings. The summed E-state index contributed by atoms with van der Waals surface area (Å²) >= 11 is 0. The lowest BCUT2D eigenvalue weighted by Crippen LogP contribution is -2.33. The molecule has 6 heteroatoms. The predicted molar refractivity (Wildman–Crippen MR) is 67.2 cm³/mol. The highest BCUT2D eigenvalue weighted by Crippen LogP contribution is 2.16. The first-order valence-corrected chi connectivity index (χ1v) is 7.48. The highest BCUT2D eigenvalue weighted by atomic mass is 32.2. The molecule has 0 aliphatic carbocycles. The van der Waals surface area contributed by atoms with Crippen LogP contribution in [0.5, 0.6) is 0 Å². The molecule has 0 fully saturated rings. The molecular formula is C11H20N2O3S. The Labute approximate surface area is 103 Å². The Balaban J connectivity index is 2.39. The second-order valence-corrected chi connectivity index (χ2v) is 5.67. The number of nitrogens with one attached hydrogen (secondary N) is 2. The summed E-state index contributed by atoms with van der Waals surface area (Å²) in [6.07, 6.45) is 2.48. The average Bonchev–Trinajstić information content (AvgIpc) is 2.77. The van der Waals surface area contributed by atoms with Crippen LogP contribution >= 0.6 is 0 Å². The zero-order chi connectivity index (χ0) is 12.7. The van der Waals surface area contributed by atoms with Crippen molar-refractivity contribution in [2.24, 2.45) is 0 Å². The first-order chi connectivity index (χ1) is 8.09. The fourth-order valence-corrected chi connectivity index (χ4v) is 2.57. The third kappa shape index (κ3) is 4.89. The summed E-state index contributed by atoms with van der Waals surface area (Å²) in [5, 5.41) is 3.17. The summed E-state index contributed by atoms with van der Waals surface area (Å²) in [6, 6.07) is 3.79. The van der Waals surface area contributed by atoms with Crippen LogP contribution in [0.1, 0.15) is 32.1 Å². The van der Waals surface area contributed by atoms with Gasteiger partial charge in [-0.25, -0.2) is 13.1 Å². The van der Waals surface area contributed by atoms with Crippen LogP contribution in [0.3, 0.4) is 0 Å². The first kappa shape index (κ1) is 14.2. The van der Waals surface area contributed by atoms with Crippen LogP contribution in [0, 0.1) is 0 Å². The quantitative estimate of drug-likeness (QED) is 0.738. The Morgan fingerprint density at radius 1 is 1.41 bits per heavy atom. The first-order valence-electron chi connectivity index (χ1n) is 5.83. The molecule has 0 aliphatic rings. The monoisotopic (exact) mass is 260 g/mol. The Morgan fingerprint density at radius 3 is 2.71 bits per heavy atom. The smallest absolute Gasteiger partial charge is 0.212 e. The molecule has 0 saturated carbocycles. The van der Waals surface area contributed by atoms with Crippen LogP contribution in [0.2, 0.25) is 0 Å². The van der Waals surface area contributed by atoms with E-state index in [4.69, 9.17) is 4.42 Å². The van der Waals surface area contributed by atoms with Gasteiger partial charge in [-0.3, -0.25) is 0 Å². The van der Waals surface area contributed by atoms with Gasteiger partial charge in [-0.05, 0) is 18.6 Å². The maximum absolute atomic E-state index is 11.4. The van der Waals surface area contributed by atoms with Gasteiger partial charge in [0.2, 0.25) is 10.0 Å². The van der Waals surface area contributed by atoms with E-state index in [1.807, 2.05) is 19.1 Å². The summed E-state index contributed by atoms with van der Waals surface area (Å²) in [7, 11) is -3.15. The van der Waals surface area contributed by atoms with Crippen LogP contribution in [0.15, 0.2) is 22.8 Å². The van der Waals surface area contributed by atoms with Crippen LogP contribution in [0.25, 0.3) is 0 Å². The van der Waals surface area contributed by atoms with Gasteiger partial charge in [0, 0.05) is 13.1 Å². The van der Waals surface area contributed by atoms with Gasteiger partial charge >= 0.3 is 0 Å². The van der Waals surface area contributed by atoms with E-state index in [-0.39, 0.29) is 11.8 Å². The molecule has 1 atom stereocenters. The van der Waals surface area contributed by atoms with Gasteiger partial charge in [-0.2, -0.15) is 0 Å². The van der Waals surface area contributed by atoms with Crippen molar-refractivity contribution in [3.05, 3.63) is 24.2 Å². The summed E-state index contributed by atoms with van der Waals surface area (Å²) < 4.78 is 30.6. The standard InChI is InChI=1S/C11H20N2O3S/c1-3-10(11-6-5-8-16-11)12-7-9-17(14,15)13-4-2/h5-6,8,10,12-13H,3-4,7,9H2,1-2H3. The van der Waals surface area contributed by atoms with Crippen molar-refractivity contribution in [1.29, 1.82) is 0 Å². The maximum Gasteiger partial charge on any atom is 0.212 e. The highest BCUT2D eigenvalue weighted by Gasteiger charge is 2.13. The molecule has 5 nitrogen and oxygen atoms in total. The van der Waals surface area contributed by atoms with Gasteiger partial charge in [0.25, 0.3) is 0 Å². The Kier molecular flexibility index (Phi) is 5.67. The zero-order valence-electron chi connectivity index (χ0n) is 10.3. The van der Waals surface area contributed by atoms with Crippen molar-refractivity contribution in [1.82, 2.24) is 10.0 Å². The molecule has 17 heavy (non-hydrogen) atoms. The fourth-order valence-electron chi connectivity index (χ4n) is 1.60. The lowest BCUT2D eigenvalue weighted by molar-refractivity contribution is 0.410. The van der Waals surface area contributed by atoms with Crippen LogP contribution in [-0.2, 0) is 10.0 Å². The lowest BCUT2D eigenvalue weighted by atomic mass is 10.2. The third-order valence-electron chi connectivity index (χ3n) is 2.42. The maximum atomic E-state index is 11.4. The van der Waals surface area contributed by atoms with Gasteiger partial charge in [-0.15, -0.1) is 0 Å². The number of furan rings is 1. The fraction of sp³-hybridized carbons (Fsp3) is 0.636. The number of rotatable bonds is 8. The molecule has 1 unspecified atom stereocenters. The van der Waals surface area contributed by atoms with Crippen molar-refractivity contribution in [3.63, 3.8) is 0 Å². The minimum Gasteiger partial charge on any atom is -0.468 e. The topological polar surface area (TPSA) is 71.3 Å². The Bertz CT molecular complexity index is 400. The summed E-state index contributed by atoms with van der Waals surface area (Å²) in [4.78, 5) is 0. The van der Waals surface area contributed by atoms with E-state index in [0.717, 1.165) is 12.2 Å². The molecule has 1 aromatic heterocycles. The predicted octanol–water partition coefficient (Wildman–Crippen LogP) is 1.26. The molecule has 0 bridgehead atoms. The molecule has 1 rings (SSSR count). The molecule has 0 saturated heterocycles. The van der Waals surface area contributed by atoms with Crippen molar-refractivity contribution in [2.75, 3.05) is 18.8 Å². The van der Waals surface area contributed by atoms with E-state index in [1.165, 1.54) is 0 Å². The third-order valence-corrected chi connectivity index (χ3v) is 3.89. The second kappa shape index (κ2) is 6.78. The molecule has 0 aliphatic heterocycles. The van der Waals surface area contributed by atoms with Gasteiger partial charge in [0.15, 0.2) is 0 Å². The van der Waals surface area contributed by atoms with Crippen molar-refractivity contribution in [2.45, 2.75) is 26.3 Å². The zero-order valence-corrected chi connectivity index (χ0v) is 11.1. The van der Waals surface area contributed by atoms with E-state index >= 15 is 0 Å². The van der Waals surface area contributed by atoms with Crippen molar-refractivity contribution < 1.29 is 12.8 Å². The van der Waals surface area contributed by atoms with E-state index < -0.39 is 10.0 Å². The minimum atomic E-state index is -3.15. The molecule has 0 aromatic carbocycles. The molecule has 1 heterocycles. The van der Waals surface area contributed by atoms with Crippen LogP contribution in [-0.4, -0.2) is 27.3 Å². The molecule has 0 amide bonds. The lowest BCUT2D eigenvalue weighted by Gasteiger charge is -2.14. The van der Waals surface area contributed by atoms with Crippen LogP contribution < -0.4 is 10.0 Å². The van der Waals surface area contributed by atoms with Gasteiger partial charge in [-0.1, -0.05) is 13.8 Å². The van der Waals surface area contributed by atoms with Gasteiger partial charge < -0.3 is 9.73 Å². The Morgan fingerprint density at radius 2 is 2.18 bits per heavy atom. The van der Waals surface area contributed by atoms with E-state index in [9.17, 15) is 8.42 Å². The summed E-state index contributed by atoms with van der Waals surface area (Å²) in [5.41, 5.74) is 0. The van der Waals surface area contributed by atoms with Crippen LogP contribution in [0.4, 0.5) is 0 Å².